The predicted molar refractivity (Wildman–Crippen MR) is 68.0 cm³/mol. The molecule has 0 aromatic heterocycles. The van der Waals surface area contributed by atoms with Crippen LogP contribution in [0.4, 0.5) is 5.69 Å². The third kappa shape index (κ3) is 3.16. The summed E-state index contributed by atoms with van der Waals surface area (Å²) in [5.41, 5.74) is 1.12. The Balaban J connectivity index is 1.97. The molecule has 1 atom stereocenters. The van der Waals surface area contributed by atoms with Gasteiger partial charge >= 0.3 is 0 Å². The van der Waals surface area contributed by atoms with Crippen molar-refractivity contribution in [3.05, 3.63) is 24.3 Å². The highest BCUT2D eigenvalue weighted by Crippen LogP contribution is 2.31. The second kappa shape index (κ2) is 5.24. The summed E-state index contributed by atoms with van der Waals surface area (Å²) in [7, 11) is 0. The van der Waals surface area contributed by atoms with Gasteiger partial charge in [-0.3, -0.25) is 0 Å². The molecule has 0 aliphatic heterocycles. The number of rotatable bonds is 6. The third-order valence-electron chi connectivity index (χ3n) is 3.07. The smallest absolute Gasteiger partial charge is 0.142 e. The quantitative estimate of drug-likeness (QED) is 0.788. The van der Waals surface area contributed by atoms with Crippen LogP contribution in [-0.2, 0) is 0 Å². The molecule has 0 heterocycles. The van der Waals surface area contributed by atoms with Crippen LogP contribution in [0.3, 0.4) is 0 Å². The number of hydrogen-bond donors (Lipinski definition) is 1. The van der Waals surface area contributed by atoms with Crippen molar-refractivity contribution in [2.75, 3.05) is 11.9 Å². The van der Waals surface area contributed by atoms with Crippen molar-refractivity contribution in [3.8, 4) is 5.75 Å². The molecule has 16 heavy (non-hydrogen) atoms. The molecule has 0 amide bonds. The Hall–Kier alpha value is -1.18. The molecule has 1 unspecified atom stereocenters. The fourth-order valence-corrected chi connectivity index (χ4v) is 1.57. The first-order valence-electron chi connectivity index (χ1n) is 6.28. The van der Waals surface area contributed by atoms with E-state index in [1.165, 1.54) is 12.8 Å². The first-order chi connectivity index (χ1) is 7.79. The van der Waals surface area contributed by atoms with Crippen LogP contribution in [0, 0.1) is 5.92 Å². The lowest BCUT2D eigenvalue weighted by atomic mass is 10.2. The van der Waals surface area contributed by atoms with Crippen LogP contribution in [0.5, 0.6) is 5.75 Å². The summed E-state index contributed by atoms with van der Waals surface area (Å²) in [4.78, 5) is 0. The molecule has 1 aliphatic carbocycles. The Kier molecular flexibility index (Phi) is 3.70. The minimum atomic E-state index is 0.491. The highest BCUT2D eigenvalue weighted by atomic mass is 16.5. The Morgan fingerprint density at radius 1 is 1.38 bits per heavy atom. The Labute approximate surface area is 98.0 Å². The lowest BCUT2D eigenvalue weighted by Gasteiger charge is -2.16. The van der Waals surface area contributed by atoms with Crippen molar-refractivity contribution in [2.24, 2.45) is 5.92 Å². The zero-order valence-corrected chi connectivity index (χ0v) is 10.2. The van der Waals surface area contributed by atoms with Crippen molar-refractivity contribution in [3.63, 3.8) is 0 Å². The molecule has 88 valence electrons. The van der Waals surface area contributed by atoms with Gasteiger partial charge in [0.15, 0.2) is 0 Å². The van der Waals surface area contributed by atoms with Crippen molar-refractivity contribution < 1.29 is 4.74 Å². The summed E-state index contributed by atoms with van der Waals surface area (Å²) < 4.78 is 5.84. The molecule has 0 radical (unpaired) electrons. The van der Waals surface area contributed by atoms with Crippen LogP contribution in [0.25, 0.3) is 0 Å². The van der Waals surface area contributed by atoms with E-state index < -0.39 is 0 Å². The second-order valence-corrected chi connectivity index (χ2v) is 4.70. The molecule has 0 spiro atoms. The maximum absolute atomic E-state index is 5.84. The van der Waals surface area contributed by atoms with E-state index in [0.29, 0.717) is 6.04 Å². The lowest BCUT2D eigenvalue weighted by Crippen LogP contribution is -2.14. The minimum absolute atomic E-state index is 0.491. The largest absolute Gasteiger partial charge is 0.491 e. The Morgan fingerprint density at radius 3 is 2.81 bits per heavy atom. The average molecular weight is 219 g/mol. The molecular weight excluding hydrogens is 198 g/mol. The molecule has 1 saturated carbocycles. The molecule has 1 N–H and O–H groups in total. The third-order valence-corrected chi connectivity index (χ3v) is 3.07. The summed E-state index contributed by atoms with van der Waals surface area (Å²) in [5.74, 6) is 1.80. The van der Waals surface area contributed by atoms with E-state index in [9.17, 15) is 0 Å². The van der Waals surface area contributed by atoms with Gasteiger partial charge in [-0.1, -0.05) is 19.1 Å². The van der Waals surface area contributed by atoms with E-state index in [1.807, 2.05) is 12.1 Å². The lowest BCUT2D eigenvalue weighted by molar-refractivity contribution is 0.301. The van der Waals surface area contributed by atoms with Gasteiger partial charge in [-0.25, -0.2) is 0 Å². The molecular formula is C14H21NO. The molecule has 0 saturated heterocycles. The van der Waals surface area contributed by atoms with Crippen molar-refractivity contribution in [2.45, 2.75) is 39.2 Å². The van der Waals surface area contributed by atoms with Crippen LogP contribution < -0.4 is 10.1 Å². The summed E-state index contributed by atoms with van der Waals surface area (Å²) in [6.45, 7) is 5.25. The first-order valence-corrected chi connectivity index (χ1v) is 6.28. The first kappa shape index (κ1) is 11.3. The molecule has 0 bridgehead atoms. The normalized spacial score (nSPS) is 16.9. The van der Waals surface area contributed by atoms with Crippen LogP contribution >= 0.6 is 0 Å². The maximum atomic E-state index is 5.84. The second-order valence-electron chi connectivity index (χ2n) is 4.70. The van der Waals surface area contributed by atoms with Gasteiger partial charge in [0.2, 0.25) is 0 Å². The highest BCUT2D eigenvalue weighted by Gasteiger charge is 2.22. The van der Waals surface area contributed by atoms with Crippen molar-refractivity contribution in [1.82, 2.24) is 0 Å². The average Bonchev–Trinajstić information content (AvgIpc) is 3.11. The van der Waals surface area contributed by atoms with Crippen molar-refractivity contribution in [1.29, 1.82) is 0 Å². The molecule has 1 aliphatic rings. The monoisotopic (exact) mass is 219 g/mol. The minimum Gasteiger partial charge on any atom is -0.491 e. The van der Waals surface area contributed by atoms with E-state index in [1.54, 1.807) is 0 Å². The van der Waals surface area contributed by atoms with Crippen LogP contribution in [0.15, 0.2) is 24.3 Å². The van der Waals surface area contributed by atoms with Gasteiger partial charge in [0.1, 0.15) is 5.75 Å². The van der Waals surface area contributed by atoms with E-state index in [4.69, 9.17) is 4.74 Å². The standard InChI is InChI=1S/C14H21NO/c1-3-11(2)15-13-6-4-5-7-14(13)16-10-12-8-9-12/h4-7,11-12,15H,3,8-10H2,1-2H3. The van der Waals surface area contributed by atoms with Gasteiger partial charge in [-0.2, -0.15) is 0 Å². The number of hydrogen-bond acceptors (Lipinski definition) is 2. The summed E-state index contributed by atoms with van der Waals surface area (Å²) in [6, 6.07) is 8.71. The SMILES string of the molecule is CCC(C)Nc1ccccc1OCC1CC1. The maximum Gasteiger partial charge on any atom is 0.142 e. The number of anilines is 1. The molecule has 2 rings (SSSR count). The fraction of sp³-hybridized carbons (Fsp3) is 0.571. The van der Waals surface area contributed by atoms with E-state index in [-0.39, 0.29) is 0 Å². The zero-order chi connectivity index (χ0) is 11.4. The molecule has 1 aromatic carbocycles. The summed E-state index contributed by atoms with van der Waals surface area (Å²) in [5, 5.41) is 3.48. The van der Waals surface area contributed by atoms with Gasteiger partial charge in [0, 0.05) is 6.04 Å². The van der Waals surface area contributed by atoms with Gasteiger partial charge in [-0.15, -0.1) is 0 Å². The van der Waals surface area contributed by atoms with Crippen LogP contribution in [-0.4, -0.2) is 12.6 Å². The van der Waals surface area contributed by atoms with Gasteiger partial charge < -0.3 is 10.1 Å². The number of ether oxygens (including phenoxy) is 1. The van der Waals surface area contributed by atoms with Crippen LogP contribution in [0.2, 0.25) is 0 Å². The molecule has 2 heteroatoms. The van der Waals surface area contributed by atoms with E-state index in [0.717, 1.165) is 30.4 Å². The molecule has 2 nitrogen and oxygen atoms in total. The van der Waals surface area contributed by atoms with Crippen LogP contribution in [0.1, 0.15) is 33.1 Å². The summed E-state index contributed by atoms with van der Waals surface area (Å²) >= 11 is 0. The number of benzene rings is 1. The zero-order valence-electron chi connectivity index (χ0n) is 10.2. The number of para-hydroxylation sites is 2. The number of nitrogens with one attached hydrogen (secondary N) is 1. The summed E-state index contributed by atoms with van der Waals surface area (Å²) in [6.07, 6.45) is 3.79. The van der Waals surface area contributed by atoms with Gasteiger partial charge in [0.05, 0.1) is 12.3 Å². The Morgan fingerprint density at radius 2 is 2.12 bits per heavy atom. The fourth-order valence-electron chi connectivity index (χ4n) is 1.57. The van der Waals surface area contributed by atoms with Crippen molar-refractivity contribution >= 4 is 5.69 Å². The highest BCUT2D eigenvalue weighted by molar-refractivity contribution is 5.56. The van der Waals surface area contributed by atoms with Gasteiger partial charge in [-0.05, 0) is 44.2 Å². The topological polar surface area (TPSA) is 21.3 Å². The van der Waals surface area contributed by atoms with E-state index >= 15 is 0 Å². The molecule has 1 aromatic rings. The molecule has 1 fully saturated rings. The van der Waals surface area contributed by atoms with E-state index in [2.05, 4.69) is 31.3 Å². The predicted octanol–water partition coefficient (Wildman–Crippen LogP) is 3.69. The Bertz CT molecular complexity index is 333. The van der Waals surface area contributed by atoms with Gasteiger partial charge in [0.25, 0.3) is 0 Å².